The SMILES string of the molecule is CCCCc1ccc(C(=O)N2CCN(C(=O)CN3CCc4sccc4[C@H]3c3cccc(F)c3)CC2)cc1. The third kappa shape index (κ3) is 5.78. The van der Waals surface area contributed by atoms with Crippen molar-refractivity contribution in [2.75, 3.05) is 39.3 Å². The van der Waals surface area contributed by atoms with Crippen LogP contribution in [0.25, 0.3) is 0 Å². The Labute approximate surface area is 222 Å². The monoisotopic (exact) mass is 519 g/mol. The minimum Gasteiger partial charge on any atom is -0.338 e. The second kappa shape index (κ2) is 11.6. The largest absolute Gasteiger partial charge is 0.338 e. The van der Waals surface area contributed by atoms with Gasteiger partial charge in [-0.2, -0.15) is 0 Å². The summed E-state index contributed by atoms with van der Waals surface area (Å²) in [6.45, 7) is 5.34. The van der Waals surface area contributed by atoms with E-state index in [1.54, 1.807) is 23.5 Å². The highest BCUT2D eigenvalue weighted by molar-refractivity contribution is 7.10. The van der Waals surface area contributed by atoms with Gasteiger partial charge in [0.2, 0.25) is 5.91 Å². The lowest BCUT2D eigenvalue weighted by Gasteiger charge is -2.39. The molecule has 5 nitrogen and oxygen atoms in total. The first-order valence-electron chi connectivity index (χ1n) is 13.2. The van der Waals surface area contributed by atoms with E-state index in [0.29, 0.717) is 31.7 Å². The van der Waals surface area contributed by atoms with Gasteiger partial charge in [-0.3, -0.25) is 14.5 Å². The fourth-order valence-corrected chi connectivity index (χ4v) is 6.32. The molecule has 7 heteroatoms. The maximum absolute atomic E-state index is 14.1. The van der Waals surface area contributed by atoms with E-state index in [0.717, 1.165) is 37.8 Å². The van der Waals surface area contributed by atoms with E-state index in [1.165, 1.54) is 22.1 Å². The lowest BCUT2D eigenvalue weighted by molar-refractivity contribution is -0.134. The van der Waals surface area contributed by atoms with Crippen LogP contribution in [0.3, 0.4) is 0 Å². The van der Waals surface area contributed by atoms with Crippen molar-refractivity contribution < 1.29 is 14.0 Å². The van der Waals surface area contributed by atoms with Crippen molar-refractivity contribution in [1.29, 1.82) is 0 Å². The molecule has 0 saturated carbocycles. The van der Waals surface area contributed by atoms with Gasteiger partial charge in [0, 0.05) is 43.2 Å². The van der Waals surface area contributed by atoms with Crippen molar-refractivity contribution in [2.24, 2.45) is 0 Å². The zero-order valence-electron chi connectivity index (χ0n) is 21.4. The Bertz CT molecular complexity index is 1230. The molecule has 2 aliphatic heterocycles. The molecule has 2 aliphatic rings. The molecule has 1 atom stereocenters. The van der Waals surface area contributed by atoms with Crippen molar-refractivity contribution >= 4 is 23.2 Å². The summed E-state index contributed by atoms with van der Waals surface area (Å²) in [6, 6.07) is 16.6. The maximum atomic E-state index is 14.1. The second-order valence-corrected chi connectivity index (χ2v) is 11.0. The zero-order valence-corrected chi connectivity index (χ0v) is 22.2. The lowest BCUT2D eigenvalue weighted by atomic mass is 9.93. The number of hydrogen-bond acceptors (Lipinski definition) is 4. The van der Waals surface area contributed by atoms with E-state index in [-0.39, 0.29) is 30.2 Å². The summed E-state index contributed by atoms with van der Waals surface area (Å²) >= 11 is 1.73. The van der Waals surface area contributed by atoms with Gasteiger partial charge in [0.25, 0.3) is 5.91 Å². The minimum atomic E-state index is -0.262. The fraction of sp³-hybridized carbons (Fsp3) is 0.400. The van der Waals surface area contributed by atoms with Gasteiger partial charge in [0.05, 0.1) is 12.6 Å². The quantitative estimate of drug-likeness (QED) is 0.433. The van der Waals surface area contributed by atoms with Crippen molar-refractivity contribution in [3.8, 4) is 0 Å². The average Bonchev–Trinajstić information content (AvgIpc) is 3.40. The Morgan fingerprint density at radius 3 is 2.46 bits per heavy atom. The number of carbonyl (C=O) groups excluding carboxylic acids is 2. The van der Waals surface area contributed by atoms with Crippen LogP contribution in [-0.2, 0) is 17.6 Å². The molecular weight excluding hydrogens is 485 g/mol. The molecule has 0 N–H and O–H groups in total. The number of amides is 2. The van der Waals surface area contributed by atoms with E-state index >= 15 is 0 Å². The average molecular weight is 520 g/mol. The summed E-state index contributed by atoms with van der Waals surface area (Å²) in [7, 11) is 0. The summed E-state index contributed by atoms with van der Waals surface area (Å²) in [5, 5.41) is 2.08. The number of halogens is 1. The number of rotatable bonds is 7. The highest BCUT2D eigenvalue weighted by Gasteiger charge is 2.33. The topological polar surface area (TPSA) is 43.9 Å². The molecule has 194 valence electrons. The minimum absolute atomic E-state index is 0.0290. The van der Waals surface area contributed by atoms with Crippen LogP contribution in [-0.4, -0.2) is 65.8 Å². The number of thiophene rings is 1. The molecule has 1 fully saturated rings. The Morgan fingerprint density at radius 1 is 0.973 bits per heavy atom. The molecule has 3 aromatic rings. The van der Waals surface area contributed by atoms with E-state index in [9.17, 15) is 14.0 Å². The third-order valence-corrected chi connectivity index (χ3v) is 8.50. The van der Waals surface area contributed by atoms with Gasteiger partial charge in [-0.05, 0) is 71.7 Å². The Hall–Kier alpha value is -3.03. The molecule has 0 bridgehead atoms. The van der Waals surface area contributed by atoms with E-state index in [1.807, 2.05) is 28.0 Å². The van der Waals surface area contributed by atoms with E-state index in [2.05, 4.69) is 35.4 Å². The molecular formula is C30H34FN3O2S. The molecule has 3 heterocycles. The molecule has 5 rings (SSSR count). The number of aryl methyl sites for hydroxylation is 1. The molecule has 0 unspecified atom stereocenters. The predicted molar refractivity (Wildman–Crippen MR) is 145 cm³/mol. The first-order chi connectivity index (χ1) is 18.0. The maximum Gasteiger partial charge on any atom is 0.253 e. The molecule has 0 radical (unpaired) electrons. The highest BCUT2D eigenvalue weighted by Crippen LogP contribution is 2.37. The van der Waals surface area contributed by atoms with Crippen molar-refractivity contribution in [3.05, 3.63) is 92.9 Å². The van der Waals surface area contributed by atoms with Gasteiger partial charge in [-0.1, -0.05) is 37.6 Å². The Morgan fingerprint density at radius 2 is 1.73 bits per heavy atom. The van der Waals surface area contributed by atoms with Gasteiger partial charge in [0.15, 0.2) is 0 Å². The first-order valence-corrected chi connectivity index (χ1v) is 14.1. The van der Waals surface area contributed by atoms with Crippen molar-refractivity contribution in [3.63, 3.8) is 0 Å². The smallest absolute Gasteiger partial charge is 0.253 e. The van der Waals surface area contributed by atoms with Crippen LogP contribution in [0.1, 0.15) is 57.7 Å². The standard InChI is InChI=1S/C30H34FN3O2S/c1-2-3-5-22-8-10-23(11-9-22)30(36)33-17-15-32(16-18-33)28(35)21-34-14-12-27-26(13-19-37-27)29(34)24-6-4-7-25(31)20-24/h4,6-11,13,19-20,29H,2-3,5,12,14-18,21H2,1H3/t29-/m1/s1. The summed E-state index contributed by atoms with van der Waals surface area (Å²) in [5.41, 5.74) is 4.02. The van der Waals surface area contributed by atoms with E-state index < -0.39 is 0 Å². The first kappa shape index (κ1) is 25.6. The van der Waals surface area contributed by atoms with Crippen LogP contribution in [0.2, 0.25) is 0 Å². The number of carbonyl (C=O) groups is 2. The number of nitrogens with zero attached hydrogens (tertiary/aromatic N) is 3. The number of fused-ring (bicyclic) bond motifs is 1. The van der Waals surface area contributed by atoms with Crippen LogP contribution >= 0.6 is 11.3 Å². The number of benzene rings is 2. The number of piperazine rings is 1. The van der Waals surface area contributed by atoms with E-state index in [4.69, 9.17) is 0 Å². The van der Waals surface area contributed by atoms with Crippen LogP contribution < -0.4 is 0 Å². The van der Waals surface area contributed by atoms with Gasteiger partial charge >= 0.3 is 0 Å². The van der Waals surface area contributed by atoms with Crippen LogP contribution in [0.5, 0.6) is 0 Å². The zero-order chi connectivity index (χ0) is 25.8. The van der Waals surface area contributed by atoms with Gasteiger partial charge in [0.1, 0.15) is 5.82 Å². The van der Waals surface area contributed by atoms with Crippen LogP contribution in [0.15, 0.2) is 60.0 Å². The molecule has 2 amide bonds. The fourth-order valence-electron chi connectivity index (χ4n) is 5.42. The summed E-state index contributed by atoms with van der Waals surface area (Å²) in [4.78, 5) is 33.6. The number of hydrogen-bond donors (Lipinski definition) is 0. The molecule has 0 spiro atoms. The van der Waals surface area contributed by atoms with Gasteiger partial charge in [-0.25, -0.2) is 4.39 Å². The number of unbranched alkanes of at least 4 members (excludes halogenated alkanes) is 1. The molecule has 37 heavy (non-hydrogen) atoms. The predicted octanol–water partition coefficient (Wildman–Crippen LogP) is 5.16. The van der Waals surface area contributed by atoms with Gasteiger partial charge in [-0.15, -0.1) is 11.3 Å². The molecule has 1 aromatic heterocycles. The summed E-state index contributed by atoms with van der Waals surface area (Å²) in [5.74, 6) is -0.170. The Kier molecular flexibility index (Phi) is 8.01. The third-order valence-electron chi connectivity index (χ3n) is 7.51. The molecule has 2 aromatic carbocycles. The molecule has 0 aliphatic carbocycles. The van der Waals surface area contributed by atoms with Crippen molar-refractivity contribution in [2.45, 2.75) is 38.6 Å². The van der Waals surface area contributed by atoms with Crippen LogP contribution in [0.4, 0.5) is 4.39 Å². The Balaban J connectivity index is 1.20. The highest BCUT2D eigenvalue weighted by atomic mass is 32.1. The lowest BCUT2D eigenvalue weighted by Crippen LogP contribution is -2.53. The van der Waals surface area contributed by atoms with Crippen LogP contribution in [0, 0.1) is 5.82 Å². The molecule has 1 saturated heterocycles. The summed E-state index contributed by atoms with van der Waals surface area (Å²) < 4.78 is 14.1. The summed E-state index contributed by atoms with van der Waals surface area (Å²) in [6.07, 6.45) is 4.24. The normalized spacial score (nSPS) is 18.1. The second-order valence-electron chi connectivity index (χ2n) is 9.95. The van der Waals surface area contributed by atoms with Crippen molar-refractivity contribution in [1.82, 2.24) is 14.7 Å². The van der Waals surface area contributed by atoms with Gasteiger partial charge < -0.3 is 9.80 Å².